The van der Waals surface area contributed by atoms with Crippen LogP contribution in [0.5, 0.6) is 0 Å². The molecule has 1 saturated carbocycles. The Bertz CT molecular complexity index is 721. The molecule has 0 spiro atoms. The third-order valence-electron chi connectivity index (χ3n) is 3.99. The van der Waals surface area contributed by atoms with E-state index in [2.05, 4.69) is 10.1 Å². The largest absolute Gasteiger partial charge is 0.403 e. The van der Waals surface area contributed by atoms with E-state index in [0.717, 1.165) is 18.4 Å². The van der Waals surface area contributed by atoms with Crippen molar-refractivity contribution >= 4 is 5.91 Å². The second-order valence-electron chi connectivity index (χ2n) is 5.68. The van der Waals surface area contributed by atoms with Crippen LogP contribution < -0.4 is 11.4 Å². The number of aromatic nitrogens is 2. The number of aryl methyl sites for hydroxylation is 1. The Kier molecular flexibility index (Phi) is 4.09. The van der Waals surface area contributed by atoms with E-state index in [-0.39, 0.29) is 0 Å². The Hall–Kier alpha value is -2.37. The number of hydrogen-bond donors (Lipinski definition) is 1. The SMILES string of the molecule is Cn1nc(-c2ccc(C(N)=O)cc2)o/c1=N/C1CCCCC1. The van der Waals surface area contributed by atoms with Gasteiger partial charge in [0.1, 0.15) is 0 Å². The second-order valence-corrected chi connectivity index (χ2v) is 5.68. The van der Waals surface area contributed by atoms with Crippen LogP contribution in [0.15, 0.2) is 33.7 Å². The van der Waals surface area contributed by atoms with Crippen molar-refractivity contribution in [1.82, 2.24) is 9.78 Å². The van der Waals surface area contributed by atoms with Gasteiger partial charge in [0.2, 0.25) is 11.8 Å². The minimum absolute atomic E-state index is 0.331. The fourth-order valence-corrected chi connectivity index (χ4v) is 2.72. The number of carbonyl (C=O) groups excluding carboxylic acids is 1. The molecule has 0 aliphatic heterocycles. The third-order valence-corrected chi connectivity index (χ3v) is 3.99. The van der Waals surface area contributed by atoms with Gasteiger partial charge in [-0.15, -0.1) is 5.10 Å². The summed E-state index contributed by atoms with van der Waals surface area (Å²) in [6.45, 7) is 0. The number of carbonyl (C=O) groups is 1. The van der Waals surface area contributed by atoms with Gasteiger partial charge in [-0.1, -0.05) is 19.3 Å². The molecular formula is C16H20N4O2. The van der Waals surface area contributed by atoms with Gasteiger partial charge in [-0.25, -0.2) is 9.67 Å². The minimum Gasteiger partial charge on any atom is -0.403 e. The molecule has 1 amide bonds. The van der Waals surface area contributed by atoms with E-state index in [1.165, 1.54) is 19.3 Å². The summed E-state index contributed by atoms with van der Waals surface area (Å²) in [5, 5.41) is 4.36. The van der Waals surface area contributed by atoms with Crippen LogP contribution in [0.1, 0.15) is 42.5 Å². The lowest BCUT2D eigenvalue weighted by molar-refractivity contribution is 0.100. The van der Waals surface area contributed by atoms with Gasteiger partial charge in [0, 0.05) is 18.2 Å². The maximum Gasteiger partial charge on any atom is 0.315 e. The predicted molar refractivity (Wildman–Crippen MR) is 81.9 cm³/mol. The van der Waals surface area contributed by atoms with Crippen LogP contribution in [-0.2, 0) is 7.05 Å². The minimum atomic E-state index is -0.447. The molecule has 0 unspecified atom stereocenters. The van der Waals surface area contributed by atoms with Crippen LogP contribution in [-0.4, -0.2) is 21.7 Å². The van der Waals surface area contributed by atoms with Crippen molar-refractivity contribution in [2.75, 3.05) is 0 Å². The first-order valence-electron chi connectivity index (χ1n) is 7.62. The molecule has 0 atom stereocenters. The third kappa shape index (κ3) is 3.10. The average Bonchev–Trinajstić information content (AvgIpc) is 2.89. The predicted octanol–water partition coefficient (Wildman–Crippen LogP) is 2.01. The van der Waals surface area contributed by atoms with Gasteiger partial charge in [0.25, 0.3) is 0 Å². The van der Waals surface area contributed by atoms with Crippen molar-refractivity contribution in [3.63, 3.8) is 0 Å². The highest BCUT2D eigenvalue weighted by atomic mass is 16.4. The highest BCUT2D eigenvalue weighted by molar-refractivity contribution is 5.93. The molecule has 1 aliphatic carbocycles. The van der Waals surface area contributed by atoms with Gasteiger partial charge in [-0.3, -0.25) is 4.79 Å². The summed E-state index contributed by atoms with van der Waals surface area (Å²) in [6.07, 6.45) is 5.99. The molecule has 1 heterocycles. The standard InChI is InChI=1S/C16H20N4O2/c1-20-16(18-13-5-3-2-4-6-13)22-15(19-20)12-9-7-11(8-10-12)14(17)21/h7-10,13H,2-6H2,1H3,(H2,17,21)/b18-16+. The quantitative estimate of drug-likeness (QED) is 0.940. The van der Waals surface area contributed by atoms with E-state index in [0.29, 0.717) is 23.2 Å². The van der Waals surface area contributed by atoms with Crippen LogP contribution >= 0.6 is 0 Å². The molecule has 1 aromatic heterocycles. The molecule has 0 bridgehead atoms. The zero-order valence-electron chi connectivity index (χ0n) is 12.7. The molecule has 6 nitrogen and oxygen atoms in total. The van der Waals surface area contributed by atoms with Crippen LogP contribution in [0.2, 0.25) is 0 Å². The fraction of sp³-hybridized carbons (Fsp3) is 0.438. The Morgan fingerprint density at radius 1 is 1.27 bits per heavy atom. The van der Waals surface area contributed by atoms with Gasteiger partial charge < -0.3 is 10.2 Å². The molecule has 1 aliphatic rings. The highest BCUT2D eigenvalue weighted by Crippen LogP contribution is 2.20. The number of amides is 1. The van der Waals surface area contributed by atoms with Gasteiger partial charge in [-0.2, -0.15) is 0 Å². The molecule has 1 fully saturated rings. The first-order chi connectivity index (χ1) is 10.6. The summed E-state index contributed by atoms with van der Waals surface area (Å²) < 4.78 is 7.43. The van der Waals surface area contributed by atoms with Crippen LogP contribution in [0, 0.1) is 0 Å². The molecule has 22 heavy (non-hydrogen) atoms. The second kappa shape index (κ2) is 6.17. The molecule has 1 aromatic carbocycles. The van der Waals surface area contributed by atoms with Gasteiger partial charge in [0.05, 0.1) is 6.04 Å². The van der Waals surface area contributed by atoms with E-state index in [1.807, 2.05) is 7.05 Å². The Balaban J connectivity index is 1.88. The summed E-state index contributed by atoms with van der Waals surface area (Å²) >= 11 is 0. The van der Waals surface area contributed by atoms with E-state index in [1.54, 1.807) is 28.9 Å². The number of hydrogen-bond acceptors (Lipinski definition) is 4. The maximum absolute atomic E-state index is 11.1. The number of nitrogens with two attached hydrogens (primary N) is 1. The molecule has 116 valence electrons. The molecule has 0 saturated heterocycles. The molecule has 0 radical (unpaired) electrons. The molecule has 6 heteroatoms. The summed E-state index contributed by atoms with van der Waals surface area (Å²) in [4.78, 5) is 15.8. The van der Waals surface area contributed by atoms with Gasteiger partial charge in [-0.05, 0) is 37.1 Å². The van der Waals surface area contributed by atoms with E-state index in [9.17, 15) is 4.79 Å². The van der Waals surface area contributed by atoms with Crippen molar-refractivity contribution in [2.24, 2.45) is 17.8 Å². The van der Waals surface area contributed by atoms with E-state index < -0.39 is 5.91 Å². The van der Waals surface area contributed by atoms with E-state index >= 15 is 0 Å². The summed E-state index contributed by atoms with van der Waals surface area (Å²) in [6, 6.07) is 7.21. The van der Waals surface area contributed by atoms with Crippen LogP contribution in [0.25, 0.3) is 11.5 Å². The Morgan fingerprint density at radius 2 is 1.95 bits per heavy atom. The topological polar surface area (TPSA) is 86.4 Å². The fourth-order valence-electron chi connectivity index (χ4n) is 2.72. The lowest BCUT2D eigenvalue weighted by Gasteiger charge is -2.16. The molecule has 2 aromatic rings. The zero-order chi connectivity index (χ0) is 15.5. The van der Waals surface area contributed by atoms with Gasteiger partial charge >= 0.3 is 5.68 Å². The zero-order valence-corrected chi connectivity index (χ0v) is 12.7. The number of rotatable bonds is 3. The van der Waals surface area contributed by atoms with Gasteiger partial charge in [0.15, 0.2) is 0 Å². The van der Waals surface area contributed by atoms with Crippen molar-refractivity contribution < 1.29 is 9.21 Å². The lowest BCUT2D eigenvalue weighted by atomic mass is 9.96. The van der Waals surface area contributed by atoms with E-state index in [4.69, 9.17) is 10.2 Å². The number of primary amides is 1. The average molecular weight is 300 g/mol. The summed E-state index contributed by atoms with van der Waals surface area (Å²) in [5.74, 6) is 0.0468. The molecule has 3 rings (SSSR count). The Labute approximate surface area is 128 Å². The monoisotopic (exact) mass is 300 g/mol. The molecule has 2 N–H and O–H groups in total. The molecular weight excluding hydrogens is 280 g/mol. The van der Waals surface area contributed by atoms with Crippen molar-refractivity contribution in [1.29, 1.82) is 0 Å². The lowest BCUT2D eigenvalue weighted by Crippen LogP contribution is -2.20. The summed E-state index contributed by atoms with van der Waals surface area (Å²) in [7, 11) is 1.83. The number of nitrogens with zero attached hydrogens (tertiary/aromatic N) is 3. The van der Waals surface area contributed by atoms with Crippen LogP contribution in [0.4, 0.5) is 0 Å². The highest BCUT2D eigenvalue weighted by Gasteiger charge is 2.14. The summed E-state index contributed by atoms with van der Waals surface area (Å²) in [5.41, 5.74) is 7.04. The normalized spacial score (nSPS) is 16.9. The Morgan fingerprint density at radius 3 is 2.59 bits per heavy atom. The smallest absolute Gasteiger partial charge is 0.315 e. The first kappa shape index (κ1) is 14.6. The van der Waals surface area contributed by atoms with Crippen LogP contribution in [0.3, 0.4) is 0 Å². The first-order valence-corrected chi connectivity index (χ1v) is 7.62. The van der Waals surface area contributed by atoms with Crippen molar-refractivity contribution in [2.45, 2.75) is 38.1 Å². The van der Waals surface area contributed by atoms with Crippen molar-refractivity contribution in [3.05, 3.63) is 35.5 Å². The number of benzene rings is 1. The van der Waals surface area contributed by atoms with Crippen molar-refractivity contribution in [3.8, 4) is 11.5 Å². The maximum atomic E-state index is 11.1.